The third-order valence-corrected chi connectivity index (χ3v) is 6.38. The van der Waals surface area contributed by atoms with Gasteiger partial charge in [-0.3, -0.25) is 9.59 Å². The lowest BCUT2D eigenvalue weighted by Crippen LogP contribution is -2.30. The lowest BCUT2D eigenvalue weighted by Gasteiger charge is -2.19. The average molecular weight is 388 g/mol. The van der Waals surface area contributed by atoms with Crippen molar-refractivity contribution < 1.29 is 22.7 Å². The largest absolute Gasteiger partial charge is 0.482 e. The van der Waals surface area contributed by atoms with Gasteiger partial charge in [0.05, 0.1) is 15.8 Å². The van der Waals surface area contributed by atoms with Gasteiger partial charge >= 0.3 is 0 Å². The second kappa shape index (κ2) is 7.79. The van der Waals surface area contributed by atoms with Crippen LogP contribution in [0.3, 0.4) is 0 Å². The van der Waals surface area contributed by atoms with Crippen LogP contribution in [-0.4, -0.2) is 32.1 Å². The summed E-state index contributed by atoms with van der Waals surface area (Å²) in [6, 6.07) is 13.7. The second-order valence-corrected chi connectivity index (χ2v) is 8.68. The Balaban J connectivity index is 1.66. The summed E-state index contributed by atoms with van der Waals surface area (Å²) in [4.78, 5) is 23.6. The predicted molar refractivity (Wildman–Crippen MR) is 100 cm³/mol. The van der Waals surface area contributed by atoms with Gasteiger partial charge in [-0.2, -0.15) is 0 Å². The normalized spacial score (nSPS) is 14.5. The van der Waals surface area contributed by atoms with Crippen LogP contribution in [-0.2, 0) is 26.0 Å². The maximum Gasteiger partial charge on any atom is 0.262 e. The van der Waals surface area contributed by atoms with Gasteiger partial charge in [0.25, 0.3) is 5.91 Å². The fourth-order valence-electron chi connectivity index (χ4n) is 2.71. The van der Waals surface area contributed by atoms with Crippen molar-refractivity contribution in [1.82, 2.24) is 5.32 Å². The maximum atomic E-state index is 12.8. The molecule has 0 saturated heterocycles. The van der Waals surface area contributed by atoms with Crippen LogP contribution in [0.4, 0.5) is 5.69 Å². The highest BCUT2D eigenvalue weighted by atomic mass is 32.2. The summed E-state index contributed by atoms with van der Waals surface area (Å²) >= 11 is 0. The topological polar surface area (TPSA) is 102 Å². The molecule has 0 bridgehead atoms. The summed E-state index contributed by atoms with van der Waals surface area (Å²) in [6.07, 6.45) is -0.158. The minimum atomic E-state index is -3.74. The number of sulfone groups is 1. The Hall–Kier alpha value is -2.87. The van der Waals surface area contributed by atoms with Crippen molar-refractivity contribution in [2.45, 2.75) is 30.0 Å². The van der Waals surface area contributed by atoms with E-state index in [1.54, 1.807) is 0 Å². The lowest BCUT2D eigenvalue weighted by atomic mass is 10.2. The first-order chi connectivity index (χ1) is 12.9. The van der Waals surface area contributed by atoms with Crippen LogP contribution in [0.5, 0.6) is 5.75 Å². The number of fused-ring (bicyclic) bond motifs is 1. The molecule has 0 spiro atoms. The van der Waals surface area contributed by atoms with Gasteiger partial charge in [-0.15, -0.1) is 0 Å². The number of rotatable bonds is 6. The molecule has 0 fully saturated rings. The van der Waals surface area contributed by atoms with Crippen molar-refractivity contribution >= 4 is 27.3 Å². The van der Waals surface area contributed by atoms with Gasteiger partial charge in [-0.05, 0) is 30.7 Å². The minimum absolute atomic E-state index is 0.0374. The van der Waals surface area contributed by atoms with Crippen LogP contribution in [0.25, 0.3) is 0 Å². The fraction of sp³-hybridized carbons (Fsp3) is 0.263. The highest BCUT2D eigenvalue weighted by molar-refractivity contribution is 7.92. The molecule has 3 rings (SSSR count). The minimum Gasteiger partial charge on any atom is -0.482 e. The van der Waals surface area contributed by atoms with Crippen LogP contribution in [0.2, 0.25) is 0 Å². The van der Waals surface area contributed by atoms with Crippen molar-refractivity contribution in [1.29, 1.82) is 0 Å². The van der Waals surface area contributed by atoms with E-state index in [2.05, 4.69) is 10.6 Å². The van der Waals surface area contributed by atoms with E-state index in [0.717, 1.165) is 5.56 Å². The molecule has 1 unspecified atom stereocenters. The maximum absolute atomic E-state index is 12.8. The molecule has 2 aromatic carbocycles. The van der Waals surface area contributed by atoms with Crippen molar-refractivity contribution in [2.75, 3.05) is 11.9 Å². The number of nitrogens with one attached hydrogen (secondary N) is 2. The third kappa shape index (κ3) is 4.46. The Labute approximate surface area is 157 Å². The summed E-state index contributed by atoms with van der Waals surface area (Å²) in [6.45, 7) is 1.73. The molecule has 27 heavy (non-hydrogen) atoms. The van der Waals surface area contributed by atoms with Gasteiger partial charge in [-0.25, -0.2) is 8.42 Å². The van der Waals surface area contributed by atoms with Crippen LogP contribution >= 0.6 is 0 Å². The number of benzene rings is 2. The second-order valence-electron chi connectivity index (χ2n) is 6.32. The highest BCUT2D eigenvalue weighted by Gasteiger charge is 2.27. The smallest absolute Gasteiger partial charge is 0.262 e. The predicted octanol–water partition coefficient (Wildman–Crippen LogP) is 1.89. The van der Waals surface area contributed by atoms with Crippen LogP contribution in [0, 0.1) is 0 Å². The number of amides is 2. The van der Waals surface area contributed by atoms with E-state index >= 15 is 0 Å². The van der Waals surface area contributed by atoms with E-state index in [0.29, 0.717) is 18.0 Å². The molecule has 0 aliphatic carbocycles. The van der Waals surface area contributed by atoms with Gasteiger partial charge in [-0.1, -0.05) is 30.3 Å². The Kier molecular flexibility index (Phi) is 5.46. The molecule has 8 heteroatoms. The SMILES string of the molecule is CC(CC(=O)NCc1ccccc1)S(=O)(=O)c1ccc2c(c1)NC(=O)CO2. The van der Waals surface area contributed by atoms with Gasteiger partial charge < -0.3 is 15.4 Å². The fourth-order valence-corrected chi connectivity index (χ4v) is 4.09. The Morgan fingerprint density at radius 2 is 1.96 bits per heavy atom. The quantitative estimate of drug-likeness (QED) is 0.787. The van der Waals surface area contributed by atoms with Crippen molar-refractivity contribution in [2.24, 2.45) is 0 Å². The zero-order chi connectivity index (χ0) is 19.4. The van der Waals surface area contributed by atoms with Gasteiger partial charge in [0.15, 0.2) is 16.4 Å². The average Bonchev–Trinajstić information content (AvgIpc) is 2.66. The third-order valence-electron chi connectivity index (χ3n) is 4.25. The van der Waals surface area contributed by atoms with Crippen molar-refractivity contribution in [3.8, 4) is 5.75 Å². The summed E-state index contributed by atoms with van der Waals surface area (Å²) in [7, 11) is -3.74. The van der Waals surface area contributed by atoms with Crippen molar-refractivity contribution in [3.05, 3.63) is 54.1 Å². The zero-order valence-electron chi connectivity index (χ0n) is 14.8. The highest BCUT2D eigenvalue weighted by Crippen LogP contribution is 2.31. The molecule has 1 atom stereocenters. The molecule has 0 radical (unpaired) electrons. The molecule has 2 N–H and O–H groups in total. The molecule has 7 nitrogen and oxygen atoms in total. The Morgan fingerprint density at radius 1 is 1.22 bits per heavy atom. The summed E-state index contributed by atoms with van der Waals surface area (Å²) < 4.78 is 30.8. The summed E-state index contributed by atoms with van der Waals surface area (Å²) in [5.41, 5.74) is 1.25. The molecule has 1 aliphatic rings. The molecule has 142 valence electrons. The molecule has 0 saturated carbocycles. The zero-order valence-corrected chi connectivity index (χ0v) is 15.6. The number of carbonyl (C=O) groups is 2. The first-order valence-corrected chi connectivity index (χ1v) is 10.0. The van der Waals surface area contributed by atoms with Gasteiger partial charge in [0, 0.05) is 13.0 Å². The number of ether oxygens (including phenoxy) is 1. The van der Waals surface area contributed by atoms with Gasteiger partial charge in [0.2, 0.25) is 5.91 Å². The molecular formula is C19H20N2O5S. The first-order valence-electron chi connectivity index (χ1n) is 8.47. The standard InChI is InChI=1S/C19H20N2O5S/c1-13(9-18(22)20-11-14-5-3-2-4-6-14)27(24,25)15-7-8-17-16(10-15)21-19(23)12-26-17/h2-8,10,13H,9,11-12H2,1H3,(H,20,22)(H,21,23). The first kappa shape index (κ1) is 18.9. The van der Waals surface area contributed by atoms with E-state index in [1.165, 1.54) is 25.1 Å². The van der Waals surface area contributed by atoms with Crippen LogP contribution in [0.15, 0.2) is 53.4 Å². The summed E-state index contributed by atoms with van der Waals surface area (Å²) in [5, 5.41) is 4.40. The number of carbonyl (C=O) groups excluding carboxylic acids is 2. The molecule has 1 heterocycles. The van der Waals surface area contributed by atoms with Gasteiger partial charge in [0.1, 0.15) is 5.75 Å². The van der Waals surface area contributed by atoms with Crippen molar-refractivity contribution in [3.63, 3.8) is 0 Å². The van der Waals surface area contributed by atoms with E-state index in [1.807, 2.05) is 30.3 Å². The summed E-state index contributed by atoms with van der Waals surface area (Å²) in [5.74, 6) is -0.267. The molecule has 2 aromatic rings. The van der Waals surface area contributed by atoms with E-state index in [9.17, 15) is 18.0 Å². The van der Waals surface area contributed by atoms with Crippen LogP contribution in [0.1, 0.15) is 18.9 Å². The van der Waals surface area contributed by atoms with Crippen LogP contribution < -0.4 is 15.4 Å². The monoisotopic (exact) mass is 388 g/mol. The van der Waals surface area contributed by atoms with E-state index in [4.69, 9.17) is 4.74 Å². The van der Waals surface area contributed by atoms with E-state index in [-0.39, 0.29) is 29.7 Å². The number of hydrogen-bond donors (Lipinski definition) is 2. The van der Waals surface area contributed by atoms with E-state index < -0.39 is 15.1 Å². The molecule has 1 aliphatic heterocycles. The Morgan fingerprint density at radius 3 is 2.70 bits per heavy atom. The Bertz CT molecular complexity index is 957. The number of anilines is 1. The lowest BCUT2D eigenvalue weighted by molar-refractivity contribution is -0.121. The number of hydrogen-bond acceptors (Lipinski definition) is 5. The molecule has 2 amide bonds. The molecular weight excluding hydrogens is 368 g/mol. The molecule has 0 aromatic heterocycles.